The van der Waals surface area contributed by atoms with Gasteiger partial charge < -0.3 is 4.74 Å². The standard InChI is InChI=1S/C13H20O/c1-5-11-7-8-13(10(3)14-4)12(6-2)9-11/h7-10H,5-6H2,1-4H3. The van der Waals surface area contributed by atoms with Crippen molar-refractivity contribution in [3.05, 3.63) is 34.9 Å². The zero-order chi connectivity index (χ0) is 10.6. The normalized spacial score (nSPS) is 12.9. The molecular weight excluding hydrogens is 172 g/mol. The van der Waals surface area contributed by atoms with Crippen molar-refractivity contribution < 1.29 is 4.74 Å². The van der Waals surface area contributed by atoms with Crippen LogP contribution in [0.15, 0.2) is 18.2 Å². The van der Waals surface area contributed by atoms with Crippen LogP contribution in [0.4, 0.5) is 0 Å². The molecule has 0 N–H and O–H groups in total. The first-order chi connectivity index (χ1) is 6.72. The maximum atomic E-state index is 5.35. The molecule has 1 aromatic rings. The Morgan fingerprint density at radius 1 is 1.21 bits per heavy atom. The largest absolute Gasteiger partial charge is 0.377 e. The van der Waals surface area contributed by atoms with E-state index in [0.717, 1.165) is 12.8 Å². The average Bonchev–Trinajstić information content (AvgIpc) is 2.27. The van der Waals surface area contributed by atoms with Gasteiger partial charge in [0.25, 0.3) is 0 Å². The molecule has 0 spiro atoms. The molecule has 0 bridgehead atoms. The third kappa shape index (κ3) is 2.36. The minimum atomic E-state index is 0.204. The molecule has 14 heavy (non-hydrogen) atoms. The topological polar surface area (TPSA) is 9.23 Å². The van der Waals surface area contributed by atoms with E-state index in [4.69, 9.17) is 4.74 Å². The molecule has 1 atom stereocenters. The Morgan fingerprint density at radius 3 is 2.43 bits per heavy atom. The number of hydrogen-bond acceptors (Lipinski definition) is 1. The number of aryl methyl sites for hydroxylation is 2. The predicted octanol–water partition coefficient (Wildman–Crippen LogP) is 3.52. The molecule has 0 radical (unpaired) electrons. The van der Waals surface area contributed by atoms with Crippen molar-refractivity contribution in [1.29, 1.82) is 0 Å². The predicted molar refractivity (Wildman–Crippen MR) is 60.6 cm³/mol. The Kier molecular flexibility index (Phi) is 4.15. The van der Waals surface area contributed by atoms with Crippen LogP contribution in [0.3, 0.4) is 0 Å². The van der Waals surface area contributed by atoms with Crippen molar-refractivity contribution in [3.8, 4) is 0 Å². The highest BCUT2D eigenvalue weighted by atomic mass is 16.5. The highest BCUT2D eigenvalue weighted by molar-refractivity contribution is 5.33. The van der Waals surface area contributed by atoms with Gasteiger partial charge in [0.15, 0.2) is 0 Å². The van der Waals surface area contributed by atoms with Gasteiger partial charge in [-0.1, -0.05) is 32.0 Å². The molecule has 1 aromatic carbocycles. The molecule has 0 heterocycles. The quantitative estimate of drug-likeness (QED) is 0.709. The van der Waals surface area contributed by atoms with Gasteiger partial charge in [0.05, 0.1) is 6.10 Å². The molecule has 0 aromatic heterocycles. The van der Waals surface area contributed by atoms with Crippen LogP contribution in [0, 0.1) is 0 Å². The summed E-state index contributed by atoms with van der Waals surface area (Å²) in [7, 11) is 1.76. The molecule has 1 heteroatoms. The van der Waals surface area contributed by atoms with Gasteiger partial charge in [0, 0.05) is 7.11 Å². The molecule has 0 aliphatic heterocycles. The number of methoxy groups -OCH3 is 1. The van der Waals surface area contributed by atoms with Gasteiger partial charge in [-0.3, -0.25) is 0 Å². The van der Waals surface area contributed by atoms with Crippen LogP contribution in [-0.4, -0.2) is 7.11 Å². The van der Waals surface area contributed by atoms with E-state index in [9.17, 15) is 0 Å². The zero-order valence-electron chi connectivity index (χ0n) is 9.63. The van der Waals surface area contributed by atoms with Crippen molar-refractivity contribution >= 4 is 0 Å². The summed E-state index contributed by atoms with van der Waals surface area (Å²) in [6, 6.07) is 6.70. The van der Waals surface area contributed by atoms with E-state index in [1.165, 1.54) is 16.7 Å². The van der Waals surface area contributed by atoms with Gasteiger partial charge >= 0.3 is 0 Å². The second kappa shape index (κ2) is 5.16. The van der Waals surface area contributed by atoms with E-state index in [1.54, 1.807) is 7.11 Å². The molecule has 0 aliphatic rings. The highest BCUT2D eigenvalue weighted by Gasteiger charge is 2.08. The first kappa shape index (κ1) is 11.3. The second-order valence-electron chi connectivity index (χ2n) is 3.62. The fraction of sp³-hybridized carbons (Fsp3) is 0.538. The van der Waals surface area contributed by atoms with Crippen LogP contribution in [0.5, 0.6) is 0 Å². The summed E-state index contributed by atoms with van der Waals surface area (Å²) in [6.45, 7) is 6.48. The Morgan fingerprint density at radius 2 is 1.93 bits per heavy atom. The highest BCUT2D eigenvalue weighted by Crippen LogP contribution is 2.22. The second-order valence-corrected chi connectivity index (χ2v) is 3.62. The fourth-order valence-electron chi connectivity index (χ4n) is 1.71. The van der Waals surface area contributed by atoms with E-state index >= 15 is 0 Å². The minimum absolute atomic E-state index is 0.204. The summed E-state index contributed by atoms with van der Waals surface area (Å²) >= 11 is 0. The van der Waals surface area contributed by atoms with E-state index in [1.807, 2.05) is 0 Å². The van der Waals surface area contributed by atoms with Crippen LogP contribution >= 0.6 is 0 Å². The SMILES string of the molecule is CCc1ccc(C(C)OC)c(CC)c1. The van der Waals surface area contributed by atoms with Gasteiger partial charge in [0.1, 0.15) is 0 Å². The Bertz CT molecular complexity index is 291. The van der Waals surface area contributed by atoms with E-state index in [0.29, 0.717) is 0 Å². The van der Waals surface area contributed by atoms with E-state index in [2.05, 4.69) is 39.0 Å². The van der Waals surface area contributed by atoms with Crippen molar-refractivity contribution in [2.75, 3.05) is 7.11 Å². The lowest BCUT2D eigenvalue weighted by Crippen LogP contribution is -2.01. The third-order valence-corrected chi connectivity index (χ3v) is 2.79. The average molecular weight is 192 g/mol. The van der Waals surface area contributed by atoms with Gasteiger partial charge in [-0.2, -0.15) is 0 Å². The summed E-state index contributed by atoms with van der Waals surface area (Å²) in [6.07, 6.45) is 2.39. The van der Waals surface area contributed by atoms with Gasteiger partial charge in [-0.05, 0) is 36.5 Å². The van der Waals surface area contributed by atoms with E-state index < -0.39 is 0 Å². The van der Waals surface area contributed by atoms with Crippen LogP contribution in [0.2, 0.25) is 0 Å². The lowest BCUT2D eigenvalue weighted by molar-refractivity contribution is 0.119. The summed E-state index contributed by atoms with van der Waals surface area (Å²) in [5.74, 6) is 0. The number of rotatable bonds is 4. The van der Waals surface area contributed by atoms with Crippen LogP contribution in [0.25, 0.3) is 0 Å². The molecule has 0 saturated heterocycles. The van der Waals surface area contributed by atoms with Gasteiger partial charge in [-0.25, -0.2) is 0 Å². The third-order valence-electron chi connectivity index (χ3n) is 2.79. The summed E-state index contributed by atoms with van der Waals surface area (Å²) < 4.78 is 5.35. The lowest BCUT2D eigenvalue weighted by Gasteiger charge is -2.15. The molecule has 78 valence electrons. The summed E-state index contributed by atoms with van der Waals surface area (Å²) in [4.78, 5) is 0. The van der Waals surface area contributed by atoms with Crippen LogP contribution < -0.4 is 0 Å². The molecule has 0 amide bonds. The molecule has 1 nitrogen and oxygen atoms in total. The van der Waals surface area contributed by atoms with Crippen LogP contribution in [0.1, 0.15) is 43.6 Å². The van der Waals surface area contributed by atoms with Crippen molar-refractivity contribution in [2.24, 2.45) is 0 Å². The first-order valence-electron chi connectivity index (χ1n) is 5.37. The fourth-order valence-corrected chi connectivity index (χ4v) is 1.71. The molecule has 1 unspecified atom stereocenters. The minimum Gasteiger partial charge on any atom is -0.377 e. The monoisotopic (exact) mass is 192 g/mol. The molecule has 0 fully saturated rings. The maximum Gasteiger partial charge on any atom is 0.0795 e. The molecule has 1 rings (SSSR count). The lowest BCUT2D eigenvalue weighted by atomic mass is 9.97. The zero-order valence-corrected chi connectivity index (χ0v) is 9.63. The molecular formula is C13H20O. The number of ether oxygens (including phenoxy) is 1. The Labute approximate surface area is 87.1 Å². The Hall–Kier alpha value is -0.820. The van der Waals surface area contributed by atoms with E-state index in [-0.39, 0.29) is 6.10 Å². The van der Waals surface area contributed by atoms with Crippen molar-refractivity contribution in [2.45, 2.75) is 39.7 Å². The Balaban J connectivity index is 3.04. The smallest absolute Gasteiger partial charge is 0.0795 e. The molecule has 0 aliphatic carbocycles. The number of hydrogen-bond donors (Lipinski definition) is 0. The first-order valence-corrected chi connectivity index (χ1v) is 5.37. The van der Waals surface area contributed by atoms with Gasteiger partial charge in [-0.15, -0.1) is 0 Å². The summed E-state index contributed by atoms with van der Waals surface area (Å²) in [5.41, 5.74) is 4.15. The summed E-state index contributed by atoms with van der Waals surface area (Å²) in [5, 5.41) is 0. The van der Waals surface area contributed by atoms with Gasteiger partial charge in [0.2, 0.25) is 0 Å². The maximum absolute atomic E-state index is 5.35. The molecule has 0 saturated carbocycles. The van der Waals surface area contributed by atoms with Crippen molar-refractivity contribution in [3.63, 3.8) is 0 Å². The van der Waals surface area contributed by atoms with Crippen LogP contribution in [-0.2, 0) is 17.6 Å². The number of benzene rings is 1. The van der Waals surface area contributed by atoms with Crippen molar-refractivity contribution in [1.82, 2.24) is 0 Å².